The second-order valence-corrected chi connectivity index (χ2v) is 7.50. The van der Waals surface area contributed by atoms with Crippen LogP contribution in [0.2, 0.25) is 0 Å². The van der Waals surface area contributed by atoms with Crippen LogP contribution >= 0.6 is 0 Å². The van der Waals surface area contributed by atoms with Crippen molar-refractivity contribution in [1.29, 1.82) is 0 Å². The Labute approximate surface area is 167 Å². The Morgan fingerprint density at radius 1 is 1.07 bits per heavy atom. The zero-order valence-corrected chi connectivity index (χ0v) is 15.9. The summed E-state index contributed by atoms with van der Waals surface area (Å²) < 4.78 is 24.4. The number of pyridine rings is 1. The Kier molecular flexibility index (Phi) is 4.01. The summed E-state index contributed by atoms with van der Waals surface area (Å²) in [4.78, 5) is 16.7. The van der Waals surface area contributed by atoms with Gasteiger partial charge in [0, 0.05) is 18.0 Å². The summed E-state index contributed by atoms with van der Waals surface area (Å²) in [6.07, 6.45) is 3.01. The number of aromatic nitrogens is 1. The minimum Gasteiger partial charge on any atom is -0.454 e. The lowest BCUT2D eigenvalue weighted by atomic mass is 9.94. The van der Waals surface area contributed by atoms with Crippen molar-refractivity contribution in [2.45, 2.75) is 25.2 Å². The van der Waals surface area contributed by atoms with E-state index in [9.17, 15) is 9.18 Å². The number of carbonyl (C=O) groups excluding carboxylic acids is 1. The second kappa shape index (κ2) is 6.58. The number of nitrogens with zero attached hydrogens (tertiary/aromatic N) is 1. The van der Waals surface area contributed by atoms with E-state index in [-0.39, 0.29) is 12.7 Å². The Morgan fingerprint density at radius 3 is 2.69 bits per heavy atom. The van der Waals surface area contributed by atoms with E-state index in [4.69, 9.17) is 9.47 Å². The first-order valence-corrected chi connectivity index (χ1v) is 9.49. The van der Waals surface area contributed by atoms with Crippen molar-refractivity contribution in [2.75, 3.05) is 12.1 Å². The van der Waals surface area contributed by atoms with Gasteiger partial charge >= 0.3 is 0 Å². The molecule has 2 heterocycles. The predicted molar refractivity (Wildman–Crippen MR) is 106 cm³/mol. The maximum absolute atomic E-state index is 13.5. The van der Waals surface area contributed by atoms with Crippen molar-refractivity contribution in [3.63, 3.8) is 0 Å². The Morgan fingerprint density at radius 2 is 1.90 bits per heavy atom. The molecule has 1 amide bonds. The van der Waals surface area contributed by atoms with Gasteiger partial charge in [0.2, 0.25) is 18.6 Å². The summed E-state index contributed by atoms with van der Waals surface area (Å²) >= 11 is 0. The molecule has 0 bridgehead atoms. The number of ether oxygens (including phenoxy) is 2. The number of aryl methyl sites for hydroxylation is 1. The summed E-state index contributed by atoms with van der Waals surface area (Å²) in [6.45, 7) is 2.16. The highest BCUT2D eigenvalue weighted by atomic mass is 19.1. The molecule has 146 valence electrons. The molecule has 0 atom stereocenters. The van der Waals surface area contributed by atoms with Gasteiger partial charge in [-0.15, -0.1) is 0 Å². The Hall–Kier alpha value is -3.41. The molecule has 0 radical (unpaired) electrons. The molecule has 1 N–H and O–H groups in total. The summed E-state index contributed by atoms with van der Waals surface area (Å²) in [6, 6.07) is 14.5. The van der Waals surface area contributed by atoms with E-state index in [1.807, 2.05) is 43.3 Å². The van der Waals surface area contributed by atoms with Crippen LogP contribution in [-0.4, -0.2) is 17.7 Å². The van der Waals surface area contributed by atoms with Crippen LogP contribution < -0.4 is 14.8 Å². The van der Waals surface area contributed by atoms with Gasteiger partial charge in [-0.25, -0.2) is 4.98 Å². The van der Waals surface area contributed by atoms with Crippen molar-refractivity contribution >= 4 is 11.6 Å². The van der Waals surface area contributed by atoms with Crippen LogP contribution in [0.5, 0.6) is 11.5 Å². The number of amides is 1. The number of halogens is 1. The summed E-state index contributed by atoms with van der Waals surface area (Å²) in [7, 11) is 0. The molecule has 5 nitrogen and oxygen atoms in total. The molecule has 0 spiro atoms. The van der Waals surface area contributed by atoms with E-state index in [1.54, 1.807) is 6.07 Å². The third-order valence-electron chi connectivity index (χ3n) is 5.64. The van der Waals surface area contributed by atoms with Crippen LogP contribution in [0.25, 0.3) is 11.1 Å². The average Bonchev–Trinajstić information content (AvgIpc) is 3.40. The van der Waals surface area contributed by atoms with E-state index in [2.05, 4.69) is 10.3 Å². The fourth-order valence-corrected chi connectivity index (χ4v) is 3.80. The normalized spacial score (nSPS) is 15.8. The van der Waals surface area contributed by atoms with E-state index in [1.165, 1.54) is 12.3 Å². The van der Waals surface area contributed by atoms with Gasteiger partial charge in [-0.1, -0.05) is 12.1 Å². The zero-order valence-electron chi connectivity index (χ0n) is 15.9. The fraction of sp³-hybridized carbons (Fsp3) is 0.217. The predicted octanol–water partition coefficient (Wildman–Crippen LogP) is 4.60. The van der Waals surface area contributed by atoms with Gasteiger partial charge in [0.15, 0.2) is 11.5 Å². The monoisotopic (exact) mass is 390 g/mol. The number of nitrogens with one attached hydrogen (secondary N) is 1. The lowest BCUT2D eigenvalue weighted by molar-refractivity contribution is -0.118. The molecule has 1 aromatic heterocycles. The maximum Gasteiger partial charge on any atom is 0.235 e. The first-order valence-electron chi connectivity index (χ1n) is 9.49. The first-order chi connectivity index (χ1) is 14.0. The highest BCUT2D eigenvalue weighted by Gasteiger charge is 2.51. The van der Waals surface area contributed by atoms with E-state index < -0.39 is 11.4 Å². The molecule has 1 fully saturated rings. The van der Waals surface area contributed by atoms with Gasteiger partial charge in [-0.3, -0.25) is 4.79 Å². The second-order valence-electron chi connectivity index (χ2n) is 7.50. The van der Waals surface area contributed by atoms with Crippen LogP contribution in [0.4, 0.5) is 10.1 Å². The largest absolute Gasteiger partial charge is 0.454 e. The van der Waals surface area contributed by atoms with Crippen molar-refractivity contribution < 1.29 is 18.7 Å². The number of rotatable bonds is 4. The molecule has 1 saturated carbocycles. The van der Waals surface area contributed by atoms with E-state index in [0.717, 1.165) is 35.1 Å². The van der Waals surface area contributed by atoms with Crippen LogP contribution in [-0.2, 0) is 10.2 Å². The molecule has 1 aliphatic heterocycles. The van der Waals surface area contributed by atoms with Crippen LogP contribution in [0, 0.1) is 12.9 Å². The van der Waals surface area contributed by atoms with Crippen molar-refractivity contribution in [2.24, 2.45) is 0 Å². The average molecular weight is 390 g/mol. The number of hydrogen-bond donors (Lipinski definition) is 1. The molecule has 0 saturated heterocycles. The van der Waals surface area contributed by atoms with E-state index >= 15 is 0 Å². The highest BCUT2D eigenvalue weighted by Crippen LogP contribution is 2.51. The summed E-state index contributed by atoms with van der Waals surface area (Å²) in [5.74, 6) is 0.805. The summed E-state index contributed by atoms with van der Waals surface area (Å²) in [5, 5.41) is 3.04. The lowest BCUT2D eigenvalue weighted by Gasteiger charge is -2.17. The fourth-order valence-electron chi connectivity index (χ4n) is 3.80. The SMILES string of the molecule is Cc1ccc(NC(=O)C2(c3ccc4c(c3)OCO4)CC2)cc1-c1ccnc(F)c1. The Balaban J connectivity index is 1.42. The molecule has 3 aromatic rings. The first kappa shape index (κ1) is 17.7. The number of carbonyl (C=O) groups is 1. The number of fused-ring (bicyclic) bond motifs is 1. The van der Waals surface area contributed by atoms with Crippen LogP contribution in [0.3, 0.4) is 0 Å². The number of anilines is 1. The molecule has 0 unspecified atom stereocenters. The van der Waals surface area contributed by atoms with Crippen molar-refractivity contribution in [1.82, 2.24) is 4.98 Å². The molecule has 1 aliphatic carbocycles. The van der Waals surface area contributed by atoms with Crippen molar-refractivity contribution in [3.05, 3.63) is 71.8 Å². The van der Waals surface area contributed by atoms with Gasteiger partial charge in [0.25, 0.3) is 0 Å². The molecular formula is C23H19FN2O3. The van der Waals surface area contributed by atoms with Gasteiger partial charge in [0.05, 0.1) is 5.41 Å². The maximum atomic E-state index is 13.5. The zero-order chi connectivity index (χ0) is 20.0. The van der Waals surface area contributed by atoms with Crippen LogP contribution in [0.1, 0.15) is 24.0 Å². The molecule has 2 aromatic carbocycles. The van der Waals surface area contributed by atoms with Gasteiger partial charge in [0.1, 0.15) is 0 Å². The third-order valence-corrected chi connectivity index (χ3v) is 5.64. The topological polar surface area (TPSA) is 60.5 Å². The van der Waals surface area contributed by atoms with Gasteiger partial charge in [-0.05, 0) is 72.4 Å². The smallest absolute Gasteiger partial charge is 0.235 e. The molecule has 6 heteroatoms. The molecular weight excluding hydrogens is 371 g/mol. The number of benzene rings is 2. The number of hydrogen-bond acceptors (Lipinski definition) is 4. The van der Waals surface area contributed by atoms with Crippen LogP contribution in [0.15, 0.2) is 54.7 Å². The van der Waals surface area contributed by atoms with Crippen molar-refractivity contribution in [3.8, 4) is 22.6 Å². The van der Waals surface area contributed by atoms with Gasteiger partial charge < -0.3 is 14.8 Å². The lowest BCUT2D eigenvalue weighted by Crippen LogP contribution is -2.27. The van der Waals surface area contributed by atoms with E-state index in [0.29, 0.717) is 17.2 Å². The Bertz CT molecular complexity index is 1120. The molecule has 2 aliphatic rings. The molecule has 29 heavy (non-hydrogen) atoms. The third kappa shape index (κ3) is 3.10. The quantitative estimate of drug-likeness (QED) is 0.662. The minimum absolute atomic E-state index is 0.0490. The minimum atomic E-state index is -0.547. The highest BCUT2D eigenvalue weighted by molar-refractivity contribution is 6.02. The van der Waals surface area contributed by atoms with Gasteiger partial charge in [-0.2, -0.15) is 4.39 Å². The molecule has 5 rings (SSSR count). The standard InChI is InChI=1S/C23H19FN2O3/c1-14-2-4-17(12-18(14)15-6-9-25-21(24)10-15)26-22(27)23(7-8-23)16-3-5-19-20(11-16)29-13-28-19/h2-6,9-12H,7-8,13H2,1H3,(H,26,27). The summed E-state index contributed by atoms with van der Waals surface area (Å²) in [5.41, 5.74) is 3.64.